The van der Waals surface area contributed by atoms with Gasteiger partial charge in [0.1, 0.15) is 0 Å². The van der Waals surface area contributed by atoms with Gasteiger partial charge in [-0.1, -0.05) is 36.4 Å². The molecule has 3 aromatic rings. The first-order valence-corrected chi connectivity index (χ1v) is 7.65. The molecule has 1 aromatic heterocycles. The number of rotatable bonds is 5. The highest BCUT2D eigenvalue weighted by Gasteiger charge is 2.06. The zero-order valence-electron chi connectivity index (χ0n) is 13.0. The number of hydrogen-bond acceptors (Lipinski definition) is 2. The van der Waals surface area contributed by atoms with Crippen LogP contribution in [0.1, 0.15) is 12.0 Å². The van der Waals surface area contributed by atoms with Crippen molar-refractivity contribution in [1.82, 2.24) is 9.97 Å². The third kappa shape index (κ3) is 3.54. The molecule has 0 aliphatic rings. The molecule has 0 aliphatic carbocycles. The van der Waals surface area contributed by atoms with Crippen molar-refractivity contribution in [3.8, 4) is 22.5 Å². The Morgan fingerprint density at radius 1 is 0.833 bits per heavy atom. The summed E-state index contributed by atoms with van der Waals surface area (Å²) in [4.78, 5) is 8.75. The second-order valence-electron chi connectivity index (χ2n) is 5.45. The standard InChI is InChI=1S/C20H16F2N2/c1-2-3-4-14-12-23-20(24-13-14)16-7-5-15(6-8-16)17-9-10-18(21)19(22)11-17/h2,5-13H,1,3-4H2. The maximum Gasteiger partial charge on any atom is 0.159 e. The molecule has 2 aromatic carbocycles. The van der Waals surface area contributed by atoms with Crippen LogP contribution < -0.4 is 0 Å². The monoisotopic (exact) mass is 322 g/mol. The van der Waals surface area contributed by atoms with E-state index < -0.39 is 11.6 Å². The first kappa shape index (κ1) is 16.0. The average molecular weight is 322 g/mol. The third-order valence-corrected chi connectivity index (χ3v) is 3.74. The highest BCUT2D eigenvalue weighted by molar-refractivity contribution is 5.67. The van der Waals surface area contributed by atoms with Crippen molar-refractivity contribution < 1.29 is 8.78 Å². The van der Waals surface area contributed by atoms with Gasteiger partial charge < -0.3 is 0 Å². The van der Waals surface area contributed by atoms with Gasteiger partial charge in [0.2, 0.25) is 0 Å². The number of hydrogen-bond donors (Lipinski definition) is 0. The summed E-state index contributed by atoms with van der Waals surface area (Å²) in [5.74, 6) is -1.07. The fourth-order valence-electron chi connectivity index (χ4n) is 2.39. The van der Waals surface area contributed by atoms with Crippen molar-refractivity contribution in [3.05, 3.63) is 84.7 Å². The van der Waals surface area contributed by atoms with Crippen LogP contribution in [0.4, 0.5) is 8.78 Å². The van der Waals surface area contributed by atoms with E-state index in [0.717, 1.165) is 35.6 Å². The molecule has 24 heavy (non-hydrogen) atoms. The van der Waals surface area contributed by atoms with Crippen LogP contribution >= 0.6 is 0 Å². The van der Waals surface area contributed by atoms with Crippen LogP contribution in [0.2, 0.25) is 0 Å². The van der Waals surface area contributed by atoms with Crippen LogP contribution in [-0.4, -0.2) is 9.97 Å². The number of aromatic nitrogens is 2. The molecule has 0 aliphatic heterocycles. The Kier molecular flexibility index (Phi) is 4.75. The van der Waals surface area contributed by atoms with Gasteiger partial charge >= 0.3 is 0 Å². The topological polar surface area (TPSA) is 25.8 Å². The Morgan fingerprint density at radius 3 is 2.08 bits per heavy atom. The zero-order chi connectivity index (χ0) is 16.9. The number of allylic oxidation sites excluding steroid dienone is 1. The highest BCUT2D eigenvalue weighted by atomic mass is 19.2. The maximum atomic E-state index is 13.3. The molecule has 0 N–H and O–H groups in total. The highest BCUT2D eigenvalue weighted by Crippen LogP contribution is 2.24. The summed E-state index contributed by atoms with van der Waals surface area (Å²) < 4.78 is 26.3. The molecule has 3 rings (SSSR count). The molecule has 0 atom stereocenters. The normalized spacial score (nSPS) is 10.6. The van der Waals surface area contributed by atoms with Gasteiger partial charge in [0, 0.05) is 18.0 Å². The summed E-state index contributed by atoms with van der Waals surface area (Å²) in [6.45, 7) is 3.70. The van der Waals surface area contributed by atoms with Crippen molar-refractivity contribution in [3.63, 3.8) is 0 Å². The fourth-order valence-corrected chi connectivity index (χ4v) is 2.39. The molecular formula is C20H16F2N2. The lowest BCUT2D eigenvalue weighted by Crippen LogP contribution is -1.92. The van der Waals surface area contributed by atoms with E-state index in [-0.39, 0.29) is 0 Å². The van der Waals surface area contributed by atoms with Crippen LogP contribution in [0.15, 0.2) is 67.5 Å². The summed E-state index contributed by atoms with van der Waals surface area (Å²) in [5.41, 5.74) is 3.37. The van der Waals surface area contributed by atoms with Crippen molar-refractivity contribution in [2.75, 3.05) is 0 Å². The van der Waals surface area contributed by atoms with E-state index in [1.54, 1.807) is 6.07 Å². The number of halogens is 2. The Hall–Kier alpha value is -2.88. The van der Waals surface area contributed by atoms with Gasteiger partial charge in [-0.05, 0) is 41.7 Å². The minimum absolute atomic E-state index is 0.626. The maximum absolute atomic E-state index is 13.3. The van der Waals surface area contributed by atoms with Gasteiger partial charge in [-0.3, -0.25) is 0 Å². The van der Waals surface area contributed by atoms with Crippen molar-refractivity contribution in [1.29, 1.82) is 0 Å². The van der Waals surface area contributed by atoms with E-state index in [1.807, 2.05) is 42.7 Å². The molecule has 1 heterocycles. The molecule has 4 heteroatoms. The predicted octanol–water partition coefficient (Wildman–Crippen LogP) is 5.21. The van der Waals surface area contributed by atoms with E-state index in [4.69, 9.17) is 0 Å². The minimum atomic E-state index is -0.852. The molecule has 0 fully saturated rings. The van der Waals surface area contributed by atoms with E-state index in [1.165, 1.54) is 6.07 Å². The molecule has 0 saturated carbocycles. The molecule has 0 radical (unpaired) electrons. The van der Waals surface area contributed by atoms with E-state index in [2.05, 4.69) is 16.5 Å². The van der Waals surface area contributed by atoms with Crippen LogP contribution in [-0.2, 0) is 6.42 Å². The Balaban J connectivity index is 1.81. The smallest absolute Gasteiger partial charge is 0.159 e. The van der Waals surface area contributed by atoms with Crippen LogP contribution in [0, 0.1) is 11.6 Å². The van der Waals surface area contributed by atoms with Gasteiger partial charge in [0.25, 0.3) is 0 Å². The summed E-state index contributed by atoms with van der Waals surface area (Å²) in [6, 6.07) is 11.3. The van der Waals surface area contributed by atoms with Gasteiger partial charge in [-0.15, -0.1) is 6.58 Å². The van der Waals surface area contributed by atoms with Crippen molar-refractivity contribution in [2.24, 2.45) is 0 Å². The van der Waals surface area contributed by atoms with E-state index in [0.29, 0.717) is 11.4 Å². The van der Waals surface area contributed by atoms with Gasteiger partial charge in [0.15, 0.2) is 17.5 Å². The Morgan fingerprint density at radius 2 is 1.46 bits per heavy atom. The largest absolute Gasteiger partial charge is 0.236 e. The number of aryl methyl sites for hydroxylation is 1. The lowest BCUT2D eigenvalue weighted by atomic mass is 10.0. The number of benzene rings is 2. The molecule has 0 amide bonds. The lowest BCUT2D eigenvalue weighted by Gasteiger charge is -2.05. The number of nitrogens with zero attached hydrogens (tertiary/aromatic N) is 2. The van der Waals surface area contributed by atoms with Crippen LogP contribution in [0.25, 0.3) is 22.5 Å². The molecule has 0 saturated heterocycles. The summed E-state index contributed by atoms with van der Waals surface area (Å²) >= 11 is 0. The fraction of sp³-hybridized carbons (Fsp3) is 0.100. The third-order valence-electron chi connectivity index (χ3n) is 3.74. The average Bonchev–Trinajstić information content (AvgIpc) is 2.63. The second-order valence-corrected chi connectivity index (χ2v) is 5.45. The lowest BCUT2D eigenvalue weighted by molar-refractivity contribution is 0.509. The minimum Gasteiger partial charge on any atom is -0.236 e. The van der Waals surface area contributed by atoms with Crippen LogP contribution in [0.3, 0.4) is 0 Å². The first-order chi connectivity index (χ1) is 11.7. The quantitative estimate of drug-likeness (QED) is 0.603. The van der Waals surface area contributed by atoms with Crippen molar-refractivity contribution in [2.45, 2.75) is 12.8 Å². The van der Waals surface area contributed by atoms with Gasteiger partial charge in [0.05, 0.1) is 0 Å². The predicted molar refractivity (Wildman–Crippen MR) is 91.3 cm³/mol. The van der Waals surface area contributed by atoms with Crippen LogP contribution in [0.5, 0.6) is 0 Å². The zero-order valence-corrected chi connectivity index (χ0v) is 13.0. The Labute approximate surface area is 139 Å². The summed E-state index contributed by atoms with van der Waals surface area (Å²) in [5, 5.41) is 0. The first-order valence-electron chi connectivity index (χ1n) is 7.65. The Bertz CT molecular complexity index is 841. The molecule has 0 bridgehead atoms. The van der Waals surface area contributed by atoms with Crippen molar-refractivity contribution >= 4 is 0 Å². The summed E-state index contributed by atoms with van der Waals surface area (Å²) in [6.07, 6.45) is 7.26. The molecular weight excluding hydrogens is 306 g/mol. The molecule has 120 valence electrons. The van der Waals surface area contributed by atoms with Gasteiger partial charge in [-0.2, -0.15) is 0 Å². The van der Waals surface area contributed by atoms with Gasteiger partial charge in [-0.25, -0.2) is 18.7 Å². The SMILES string of the molecule is C=CCCc1cnc(-c2ccc(-c3ccc(F)c(F)c3)cc2)nc1. The van der Waals surface area contributed by atoms with E-state index >= 15 is 0 Å². The molecule has 2 nitrogen and oxygen atoms in total. The molecule has 0 spiro atoms. The molecule has 0 unspecified atom stereocenters. The summed E-state index contributed by atoms with van der Waals surface area (Å²) in [7, 11) is 0. The second kappa shape index (κ2) is 7.13. The van der Waals surface area contributed by atoms with E-state index in [9.17, 15) is 8.78 Å².